The van der Waals surface area contributed by atoms with E-state index in [1.807, 2.05) is 0 Å². The number of nitrogens with one attached hydrogen (secondary N) is 2. The van der Waals surface area contributed by atoms with E-state index >= 15 is 0 Å². The van der Waals surface area contributed by atoms with E-state index in [2.05, 4.69) is 15.6 Å². The van der Waals surface area contributed by atoms with Gasteiger partial charge in [0, 0.05) is 6.20 Å². The topological polar surface area (TPSA) is 80.3 Å². The zero-order valence-corrected chi connectivity index (χ0v) is 15.1. The van der Waals surface area contributed by atoms with Gasteiger partial charge in [0.25, 0.3) is 5.91 Å². The highest BCUT2D eigenvalue weighted by atomic mass is 19.1. The van der Waals surface area contributed by atoms with Gasteiger partial charge in [-0.3, -0.25) is 9.78 Å². The molecule has 3 aromatic rings. The van der Waals surface area contributed by atoms with Crippen molar-refractivity contribution in [2.24, 2.45) is 0 Å². The summed E-state index contributed by atoms with van der Waals surface area (Å²) in [5, 5.41) is 5.57. The molecule has 0 aliphatic heterocycles. The lowest BCUT2D eigenvalue weighted by atomic mass is 10.1. The van der Waals surface area contributed by atoms with Crippen LogP contribution in [0, 0.1) is 5.82 Å². The quantitative estimate of drug-likeness (QED) is 0.621. The average Bonchev–Trinajstić information content (AvgIpc) is 2.70. The maximum absolute atomic E-state index is 13.7. The molecule has 0 radical (unpaired) electrons. The molecule has 142 valence electrons. The number of carbonyl (C=O) groups excluding carboxylic acids is 2. The van der Waals surface area contributed by atoms with Gasteiger partial charge in [0.1, 0.15) is 5.82 Å². The van der Waals surface area contributed by atoms with Crippen LogP contribution >= 0.6 is 0 Å². The van der Waals surface area contributed by atoms with Gasteiger partial charge in [-0.05, 0) is 37.3 Å². The van der Waals surface area contributed by atoms with Crippen molar-refractivity contribution in [3.05, 3.63) is 83.9 Å². The van der Waals surface area contributed by atoms with Gasteiger partial charge in [-0.15, -0.1) is 0 Å². The molecule has 0 aliphatic carbocycles. The molecule has 28 heavy (non-hydrogen) atoms. The number of amides is 1. The molecule has 1 heterocycles. The fraction of sp³-hybridized carbons (Fsp3) is 0.0952. The minimum absolute atomic E-state index is 0.0820. The largest absolute Gasteiger partial charge is 0.462 e. The van der Waals surface area contributed by atoms with Crippen LogP contribution < -0.4 is 10.6 Å². The van der Waals surface area contributed by atoms with Crippen LogP contribution in [0.15, 0.2) is 67.0 Å². The lowest BCUT2D eigenvalue weighted by molar-refractivity contribution is 0.0527. The molecule has 7 heteroatoms. The number of ether oxygens (including phenoxy) is 1. The normalized spacial score (nSPS) is 10.2. The number of pyridine rings is 1. The van der Waals surface area contributed by atoms with Crippen LogP contribution in [0.5, 0.6) is 0 Å². The summed E-state index contributed by atoms with van der Waals surface area (Å²) in [5.74, 6) is -1.48. The van der Waals surface area contributed by atoms with Crippen LogP contribution in [0.4, 0.5) is 21.5 Å². The van der Waals surface area contributed by atoms with Crippen LogP contribution in [0.2, 0.25) is 0 Å². The molecule has 0 atom stereocenters. The Bertz CT molecular complexity index is 1010. The number of hydrogen-bond acceptors (Lipinski definition) is 5. The molecule has 0 unspecified atom stereocenters. The average molecular weight is 379 g/mol. The van der Waals surface area contributed by atoms with Crippen molar-refractivity contribution in [2.45, 2.75) is 6.92 Å². The zero-order chi connectivity index (χ0) is 19.9. The first-order chi connectivity index (χ1) is 13.6. The molecule has 0 bridgehead atoms. The van der Waals surface area contributed by atoms with E-state index in [0.29, 0.717) is 16.9 Å². The van der Waals surface area contributed by atoms with E-state index in [-0.39, 0.29) is 17.9 Å². The van der Waals surface area contributed by atoms with Crippen molar-refractivity contribution < 1.29 is 18.7 Å². The van der Waals surface area contributed by atoms with E-state index in [1.165, 1.54) is 30.6 Å². The molecule has 0 saturated carbocycles. The smallest absolute Gasteiger partial charge is 0.340 e. The fourth-order valence-corrected chi connectivity index (χ4v) is 2.52. The van der Waals surface area contributed by atoms with Gasteiger partial charge in [-0.25, -0.2) is 9.18 Å². The van der Waals surface area contributed by atoms with Gasteiger partial charge in [-0.1, -0.05) is 24.3 Å². The number of nitrogens with zero attached hydrogens (tertiary/aromatic N) is 1. The summed E-state index contributed by atoms with van der Waals surface area (Å²) in [5.41, 5.74) is 1.71. The maximum atomic E-state index is 13.7. The molecule has 3 rings (SSSR count). The summed E-state index contributed by atoms with van der Waals surface area (Å²) < 4.78 is 18.8. The van der Waals surface area contributed by atoms with Crippen molar-refractivity contribution >= 4 is 28.9 Å². The predicted molar refractivity (Wildman–Crippen MR) is 104 cm³/mol. The number of esters is 1. The number of anilines is 3. The van der Waals surface area contributed by atoms with Gasteiger partial charge in [0.2, 0.25) is 0 Å². The van der Waals surface area contributed by atoms with E-state index in [0.717, 1.165) is 0 Å². The summed E-state index contributed by atoms with van der Waals surface area (Å²) in [7, 11) is 0. The number of rotatable bonds is 6. The summed E-state index contributed by atoms with van der Waals surface area (Å²) in [6.07, 6.45) is 2.89. The van der Waals surface area contributed by atoms with E-state index in [1.54, 1.807) is 43.3 Å². The van der Waals surface area contributed by atoms with Gasteiger partial charge in [-0.2, -0.15) is 0 Å². The fourth-order valence-electron chi connectivity index (χ4n) is 2.52. The third kappa shape index (κ3) is 4.50. The Hall–Kier alpha value is -3.74. The predicted octanol–water partition coefficient (Wildman–Crippen LogP) is 4.39. The molecule has 1 amide bonds. The highest BCUT2D eigenvalue weighted by Crippen LogP contribution is 2.22. The number of para-hydroxylation sites is 2. The number of carbonyl (C=O) groups is 2. The van der Waals surface area contributed by atoms with Crippen molar-refractivity contribution in [2.75, 3.05) is 17.2 Å². The van der Waals surface area contributed by atoms with Gasteiger partial charge >= 0.3 is 5.97 Å². The highest BCUT2D eigenvalue weighted by Gasteiger charge is 2.14. The van der Waals surface area contributed by atoms with Crippen LogP contribution in [-0.4, -0.2) is 23.5 Å². The van der Waals surface area contributed by atoms with Crippen molar-refractivity contribution in [3.8, 4) is 0 Å². The van der Waals surface area contributed by atoms with Crippen LogP contribution in [0.3, 0.4) is 0 Å². The SMILES string of the molecule is CCOC(=O)c1ccccc1Nc1cncc(C(=O)Nc2ccccc2F)c1. The molecule has 0 spiro atoms. The third-order valence-electron chi connectivity index (χ3n) is 3.82. The number of aromatic nitrogens is 1. The minimum atomic E-state index is -0.526. The lowest BCUT2D eigenvalue weighted by Crippen LogP contribution is -2.13. The van der Waals surface area contributed by atoms with Crippen LogP contribution in [0.25, 0.3) is 0 Å². The molecule has 2 aromatic carbocycles. The molecule has 6 nitrogen and oxygen atoms in total. The molecular formula is C21H18FN3O3. The second-order valence-corrected chi connectivity index (χ2v) is 5.79. The molecule has 2 N–H and O–H groups in total. The molecule has 0 fully saturated rings. The van der Waals surface area contributed by atoms with E-state index in [4.69, 9.17) is 4.74 Å². The number of benzene rings is 2. The van der Waals surface area contributed by atoms with Gasteiger partial charge in [0.05, 0.1) is 41.0 Å². The summed E-state index contributed by atoms with van der Waals surface area (Å²) >= 11 is 0. The molecular weight excluding hydrogens is 361 g/mol. The summed E-state index contributed by atoms with van der Waals surface area (Å²) in [6.45, 7) is 2.00. The lowest BCUT2D eigenvalue weighted by Gasteiger charge is -2.12. The first kappa shape index (κ1) is 19.0. The number of halogens is 1. The Labute approximate surface area is 161 Å². The Balaban J connectivity index is 1.80. The summed E-state index contributed by atoms with van der Waals surface area (Å²) in [6, 6.07) is 14.3. The minimum Gasteiger partial charge on any atom is -0.462 e. The monoisotopic (exact) mass is 379 g/mol. The third-order valence-corrected chi connectivity index (χ3v) is 3.82. The first-order valence-corrected chi connectivity index (χ1v) is 8.62. The molecule has 1 aromatic heterocycles. The van der Waals surface area contributed by atoms with Crippen LogP contribution in [0.1, 0.15) is 27.6 Å². The zero-order valence-electron chi connectivity index (χ0n) is 15.1. The van der Waals surface area contributed by atoms with Crippen molar-refractivity contribution in [1.82, 2.24) is 4.98 Å². The summed E-state index contributed by atoms with van der Waals surface area (Å²) in [4.78, 5) is 28.5. The van der Waals surface area contributed by atoms with Crippen LogP contribution in [-0.2, 0) is 4.74 Å². The second kappa shape index (κ2) is 8.77. The molecule has 0 saturated heterocycles. The second-order valence-electron chi connectivity index (χ2n) is 5.79. The van der Waals surface area contributed by atoms with Gasteiger partial charge in [0.15, 0.2) is 0 Å². The highest BCUT2D eigenvalue weighted by molar-refractivity contribution is 6.04. The standard InChI is InChI=1S/C21H18FN3O3/c1-2-28-21(27)16-7-3-5-9-18(16)24-15-11-14(12-23-13-15)20(26)25-19-10-6-4-8-17(19)22/h3-13,24H,2H2,1H3,(H,25,26). The Morgan fingerprint density at radius 3 is 2.50 bits per heavy atom. The first-order valence-electron chi connectivity index (χ1n) is 8.62. The maximum Gasteiger partial charge on any atom is 0.340 e. The Kier molecular flexibility index (Phi) is 5.96. The van der Waals surface area contributed by atoms with E-state index < -0.39 is 17.7 Å². The van der Waals surface area contributed by atoms with E-state index in [9.17, 15) is 14.0 Å². The number of hydrogen-bond donors (Lipinski definition) is 2. The Morgan fingerprint density at radius 2 is 1.75 bits per heavy atom. The van der Waals surface area contributed by atoms with Crippen molar-refractivity contribution in [1.29, 1.82) is 0 Å². The molecule has 0 aliphatic rings. The Morgan fingerprint density at radius 1 is 1.04 bits per heavy atom. The van der Waals surface area contributed by atoms with Gasteiger partial charge < -0.3 is 15.4 Å². The van der Waals surface area contributed by atoms with Crippen molar-refractivity contribution in [3.63, 3.8) is 0 Å².